The summed E-state index contributed by atoms with van der Waals surface area (Å²) in [4.78, 5) is 11.8. The van der Waals surface area contributed by atoms with Gasteiger partial charge in [-0.05, 0) is 58.4 Å². The van der Waals surface area contributed by atoms with Gasteiger partial charge in [-0.25, -0.2) is 9.18 Å². The van der Waals surface area contributed by atoms with Crippen molar-refractivity contribution in [1.29, 1.82) is 0 Å². The summed E-state index contributed by atoms with van der Waals surface area (Å²) in [7, 11) is 0. The maximum Gasteiger partial charge on any atom is 0.323 e. The molecule has 2 amide bonds. The standard InChI is InChI=1S/C13H9BrClFN2O/c14-11-6-1-8(15)7-12(11)18-13(19)17-10-4-2-9(16)3-5-10/h1-7H,(H2,17,18,19). The van der Waals surface area contributed by atoms with Gasteiger partial charge >= 0.3 is 6.03 Å². The molecule has 0 atom stereocenters. The predicted octanol–water partition coefficient (Wildman–Crippen LogP) is 4.89. The highest BCUT2D eigenvalue weighted by Gasteiger charge is 2.06. The molecule has 0 bridgehead atoms. The summed E-state index contributed by atoms with van der Waals surface area (Å²) in [6.45, 7) is 0. The van der Waals surface area contributed by atoms with Crippen LogP contribution in [0.1, 0.15) is 0 Å². The SMILES string of the molecule is O=C(Nc1ccc(F)cc1)Nc1cc(Cl)ccc1Br. The number of hydrogen-bond acceptors (Lipinski definition) is 1. The molecule has 19 heavy (non-hydrogen) atoms. The summed E-state index contributed by atoms with van der Waals surface area (Å²) in [5, 5.41) is 5.74. The molecular weight excluding hydrogens is 335 g/mol. The molecule has 0 saturated heterocycles. The largest absolute Gasteiger partial charge is 0.323 e. The average molecular weight is 344 g/mol. The van der Waals surface area contributed by atoms with E-state index >= 15 is 0 Å². The fraction of sp³-hybridized carbons (Fsp3) is 0. The van der Waals surface area contributed by atoms with Crippen LogP contribution in [-0.2, 0) is 0 Å². The molecule has 0 radical (unpaired) electrons. The molecule has 2 aromatic carbocycles. The minimum atomic E-state index is -0.436. The van der Waals surface area contributed by atoms with Gasteiger partial charge in [-0.3, -0.25) is 0 Å². The number of hydrogen-bond donors (Lipinski definition) is 2. The zero-order valence-electron chi connectivity index (χ0n) is 9.58. The summed E-state index contributed by atoms with van der Waals surface area (Å²) in [5.74, 6) is -0.358. The van der Waals surface area contributed by atoms with Crippen LogP contribution in [0.4, 0.5) is 20.6 Å². The third-order valence-electron chi connectivity index (χ3n) is 2.28. The van der Waals surface area contributed by atoms with Gasteiger partial charge < -0.3 is 10.6 Å². The Morgan fingerprint density at radius 2 is 1.79 bits per heavy atom. The lowest BCUT2D eigenvalue weighted by atomic mass is 10.3. The van der Waals surface area contributed by atoms with Gasteiger partial charge in [-0.15, -0.1) is 0 Å². The number of carbonyl (C=O) groups excluding carboxylic acids is 1. The second-order valence-electron chi connectivity index (χ2n) is 3.71. The topological polar surface area (TPSA) is 41.1 Å². The maximum absolute atomic E-state index is 12.7. The Bertz CT molecular complexity index is 604. The van der Waals surface area contributed by atoms with Crippen LogP contribution in [0.2, 0.25) is 5.02 Å². The average Bonchev–Trinajstić information content (AvgIpc) is 2.37. The predicted molar refractivity (Wildman–Crippen MR) is 78.2 cm³/mol. The minimum absolute atomic E-state index is 0.358. The van der Waals surface area contributed by atoms with Gasteiger partial charge in [0.2, 0.25) is 0 Å². The van der Waals surface area contributed by atoms with Gasteiger partial charge in [-0.2, -0.15) is 0 Å². The molecular formula is C13H9BrClFN2O. The van der Waals surface area contributed by atoms with Crippen molar-refractivity contribution in [2.75, 3.05) is 10.6 Å². The van der Waals surface area contributed by atoms with Crippen molar-refractivity contribution < 1.29 is 9.18 Å². The van der Waals surface area contributed by atoms with E-state index in [0.29, 0.717) is 20.9 Å². The van der Waals surface area contributed by atoms with Crippen molar-refractivity contribution in [3.05, 3.63) is 57.8 Å². The van der Waals surface area contributed by atoms with Crippen LogP contribution in [0, 0.1) is 5.82 Å². The Morgan fingerprint density at radius 1 is 1.11 bits per heavy atom. The molecule has 3 nitrogen and oxygen atoms in total. The first-order valence-corrected chi connectivity index (χ1v) is 6.50. The van der Waals surface area contributed by atoms with Crippen molar-refractivity contribution in [2.45, 2.75) is 0 Å². The molecule has 2 N–H and O–H groups in total. The van der Waals surface area contributed by atoms with E-state index in [1.807, 2.05) is 0 Å². The zero-order valence-corrected chi connectivity index (χ0v) is 11.9. The van der Waals surface area contributed by atoms with E-state index < -0.39 is 6.03 Å². The highest BCUT2D eigenvalue weighted by Crippen LogP contribution is 2.26. The van der Waals surface area contributed by atoms with E-state index in [2.05, 4.69) is 26.6 Å². The monoisotopic (exact) mass is 342 g/mol. The molecule has 0 aliphatic carbocycles. The smallest absolute Gasteiger partial charge is 0.308 e. The molecule has 0 aromatic heterocycles. The lowest BCUT2D eigenvalue weighted by molar-refractivity contribution is 0.262. The number of nitrogens with one attached hydrogen (secondary N) is 2. The number of rotatable bonds is 2. The highest BCUT2D eigenvalue weighted by molar-refractivity contribution is 9.10. The van der Waals surface area contributed by atoms with Crippen LogP contribution in [0.5, 0.6) is 0 Å². The molecule has 2 rings (SSSR count). The Morgan fingerprint density at radius 3 is 2.47 bits per heavy atom. The fourth-order valence-electron chi connectivity index (χ4n) is 1.41. The maximum atomic E-state index is 12.7. The van der Waals surface area contributed by atoms with Crippen LogP contribution < -0.4 is 10.6 Å². The molecule has 0 aliphatic rings. The van der Waals surface area contributed by atoms with Gasteiger partial charge in [0, 0.05) is 15.2 Å². The molecule has 0 spiro atoms. The number of urea groups is 1. The molecule has 6 heteroatoms. The molecule has 0 unspecified atom stereocenters. The van der Waals surface area contributed by atoms with Gasteiger partial charge in [0.1, 0.15) is 5.82 Å². The first-order chi connectivity index (χ1) is 9.04. The van der Waals surface area contributed by atoms with E-state index in [4.69, 9.17) is 11.6 Å². The first kappa shape index (κ1) is 13.8. The number of benzene rings is 2. The lowest BCUT2D eigenvalue weighted by Gasteiger charge is -2.09. The Kier molecular flexibility index (Phi) is 4.39. The quantitative estimate of drug-likeness (QED) is 0.801. The molecule has 98 valence electrons. The Hall–Kier alpha value is -1.59. The van der Waals surface area contributed by atoms with Crippen molar-refractivity contribution in [3.63, 3.8) is 0 Å². The second kappa shape index (κ2) is 6.04. The van der Waals surface area contributed by atoms with Crippen LogP contribution >= 0.6 is 27.5 Å². The normalized spacial score (nSPS) is 10.1. The van der Waals surface area contributed by atoms with Gasteiger partial charge in [0.15, 0.2) is 0 Å². The summed E-state index contributed by atoms with van der Waals surface area (Å²) >= 11 is 9.15. The number of anilines is 2. The van der Waals surface area contributed by atoms with Crippen LogP contribution in [-0.4, -0.2) is 6.03 Å². The van der Waals surface area contributed by atoms with Crippen molar-refractivity contribution in [2.24, 2.45) is 0 Å². The number of amides is 2. The summed E-state index contributed by atoms with van der Waals surface area (Å²) in [5.41, 5.74) is 1.05. The molecule has 2 aromatic rings. The van der Waals surface area contributed by atoms with Crippen molar-refractivity contribution in [1.82, 2.24) is 0 Å². The van der Waals surface area contributed by atoms with Crippen LogP contribution in [0.15, 0.2) is 46.9 Å². The molecule has 0 aliphatic heterocycles. The van der Waals surface area contributed by atoms with Crippen LogP contribution in [0.25, 0.3) is 0 Å². The van der Waals surface area contributed by atoms with Gasteiger partial charge in [-0.1, -0.05) is 11.6 Å². The van der Waals surface area contributed by atoms with E-state index in [0.717, 1.165) is 0 Å². The lowest BCUT2D eigenvalue weighted by Crippen LogP contribution is -2.19. The van der Waals surface area contributed by atoms with E-state index in [-0.39, 0.29) is 5.82 Å². The van der Waals surface area contributed by atoms with Crippen molar-refractivity contribution >= 4 is 44.9 Å². The van der Waals surface area contributed by atoms with E-state index in [1.54, 1.807) is 18.2 Å². The number of carbonyl (C=O) groups is 1. The summed E-state index contributed by atoms with van der Waals surface area (Å²) in [6.07, 6.45) is 0. The second-order valence-corrected chi connectivity index (χ2v) is 5.00. The number of halogens is 3. The van der Waals surface area contributed by atoms with E-state index in [9.17, 15) is 9.18 Å². The molecule has 0 heterocycles. The summed E-state index contributed by atoms with van der Waals surface area (Å²) < 4.78 is 13.4. The first-order valence-electron chi connectivity index (χ1n) is 5.33. The Balaban J connectivity index is 2.05. The summed E-state index contributed by atoms with van der Waals surface area (Å²) in [6, 6.07) is 10.1. The minimum Gasteiger partial charge on any atom is -0.308 e. The van der Waals surface area contributed by atoms with Crippen LogP contribution in [0.3, 0.4) is 0 Å². The zero-order chi connectivity index (χ0) is 13.8. The molecule has 0 fully saturated rings. The van der Waals surface area contributed by atoms with Gasteiger partial charge in [0.05, 0.1) is 5.69 Å². The Labute approximate surface area is 122 Å². The molecule has 0 saturated carbocycles. The highest BCUT2D eigenvalue weighted by atomic mass is 79.9. The third kappa shape index (κ3) is 3.94. The van der Waals surface area contributed by atoms with Crippen molar-refractivity contribution in [3.8, 4) is 0 Å². The fourth-order valence-corrected chi connectivity index (χ4v) is 1.93. The third-order valence-corrected chi connectivity index (χ3v) is 3.21. The van der Waals surface area contributed by atoms with E-state index in [1.165, 1.54) is 24.3 Å². The van der Waals surface area contributed by atoms with Gasteiger partial charge in [0.25, 0.3) is 0 Å².